The van der Waals surface area contributed by atoms with Gasteiger partial charge in [0.1, 0.15) is 11.8 Å². The van der Waals surface area contributed by atoms with E-state index < -0.39 is 42.2 Å². The molecule has 4 aromatic carbocycles. The molecule has 13 heteroatoms. The molecule has 1 fully saturated rings. The minimum atomic E-state index is -1.11. The molecule has 270 valence electrons. The number of carbonyl (C=O) groups is 7. The van der Waals surface area contributed by atoms with Gasteiger partial charge in [-0.05, 0) is 84.5 Å². The molecular weight excluding hydrogens is 678 g/mol. The highest BCUT2D eigenvalue weighted by molar-refractivity contribution is 6.24. The normalized spacial score (nSPS) is 15.5. The second-order valence-corrected chi connectivity index (χ2v) is 12.7. The van der Waals surface area contributed by atoms with E-state index in [9.17, 15) is 33.6 Å². The lowest BCUT2D eigenvalue weighted by molar-refractivity contribution is -0.136. The number of benzene rings is 4. The topological polar surface area (TPSA) is 180 Å². The average molecular weight is 716 g/mol. The Balaban J connectivity index is 0.911. The van der Waals surface area contributed by atoms with Crippen LogP contribution in [0.25, 0.3) is 16.3 Å². The first-order valence-electron chi connectivity index (χ1n) is 17.2. The number of anilines is 1. The lowest BCUT2D eigenvalue weighted by atomic mass is 10.0. The van der Waals surface area contributed by atoms with Crippen LogP contribution in [0.5, 0.6) is 5.75 Å². The van der Waals surface area contributed by atoms with Crippen LogP contribution in [-0.4, -0.2) is 72.0 Å². The number of nitrogens with zero attached hydrogens (tertiary/aromatic N) is 1. The monoisotopic (exact) mass is 715 g/mol. The molecule has 0 aromatic heterocycles. The minimum absolute atomic E-state index is 0.00111. The van der Waals surface area contributed by atoms with Crippen LogP contribution in [0.1, 0.15) is 69.2 Å². The minimum Gasteiger partial charge on any atom is -0.483 e. The molecule has 2 aliphatic heterocycles. The summed E-state index contributed by atoms with van der Waals surface area (Å²) in [7, 11) is 0. The van der Waals surface area contributed by atoms with Crippen LogP contribution in [0, 0.1) is 0 Å². The molecule has 1 unspecified atom stereocenters. The van der Waals surface area contributed by atoms with E-state index in [0.29, 0.717) is 37.2 Å². The molecule has 0 spiro atoms. The number of nitrogens with one attached hydrogen (secondary N) is 4. The zero-order valence-corrected chi connectivity index (χ0v) is 28.9. The Bertz CT molecular complexity index is 2180. The summed E-state index contributed by atoms with van der Waals surface area (Å²) < 4.78 is 5.60. The van der Waals surface area contributed by atoms with Gasteiger partial charge >= 0.3 is 0 Å². The van der Waals surface area contributed by atoms with Gasteiger partial charge in [0.15, 0.2) is 6.61 Å². The summed E-state index contributed by atoms with van der Waals surface area (Å²) >= 11 is 0. The van der Waals surface area contributed by atoms with Crippen LogP contribution in [0.15, 0.2) is 91.0 Å². The highest BCUT2D eigenvalue weighted by Gasteiger charge is 2.46. The first kappa shape index (κ1) is 36.2. The maximum atomic E-state index is 13.2. The Kier molecular flexibility index (Phi) is 11.0. The van der Waals surface area contributed by atoms with Gasteiger partial charge in [-0.3, -0.25) is 43.8 Å². The number of piperidine rings is 1. The van der Waals surface area contributed by atoms with E-state index in [1.165, 1.54) is 24.3 Å². The quantitative estimate of drug-likeness (QED) is 0.0912. The number of imide groups is 2. The number of hydrogen-bond acceptors (Lipinski definition) is 8. The fraction of sp³-hybridized carbons (Fsp3) is 0.225. The molecule has 13 nitrogen and oxygen atoms in total. The molecular formula is C40H37N5O8. The van der Waals surface area contributed by atoms with Crippen LogP contribution < -0.4 is 26.0 Å². The van der Waals surface area contributed by atoms with Crippen molar-refractivity contribution in [2.75, 3.05) is 25.0 Å². The number of unbranched alkanes of at least 4 members (excludes halogenated alkanes) is 1. The summed E-state index contributed by atoms with van der Waals surface area (Å²) in [6, 6.07) is 24.0. The third-order valence-electron chi connectivity index (χ3n) is 8.94. The first-order valence-corrected chi connectivity index (χ1v) is 17.2. The van der Waals surface area contributed by atoms with Crippen molar-refractivity contribution in [3.8, 4) is 5.75 Å². The first-order chi connectivity index (χ1) is 25.6. The van der Waals surface area contributed by atoms with E-state index in [-0.39, 0.29) is 41.5 Å². The van der Waals surface area contributed by atoms with Gasteiger partial charge in [-0.1, -0.05) is 48.5 Å². The van der Waals surface area contributed by atoms with Crippen molar-refractivity contribution in [1.29, 1.82) is 0 Å². The smallest absolute Gasteiger partial charge is 0.266 e. The summed E-state index contributed by atoms with van der Waals surface area (Å²) in [6.07, 6.45) is 2.68. The molecule has 4 N–H and O–H groups in total. The van der Waals surface area contributed by atoms with E-state index in [2.05, 4.69) is 21.3 Å². The van der Waals surface area contributed by atoms with Crippen molar-refractivity contribution in [2.45, 2.75) is 38.6 Å². The zero-order chi connectivity index (χ0) is 37.5. The molecule has 0 radical (unpaired) electrons. The standard InChI is InChI=1S/C40H37N5O8/c1-24(26-15-14-25-8-2-3-9-27(25)21-26)20-34(47)43-29-11-6-10-28(22-29)37(49)42-19-5-4-18-41-35(48)23-53-32-13-7-12-30-36(32)40(52)45(39(30)51)31-16-17-33(46)44-38(31)50/h2-3,6-15,20-22,31H,4-5,16-19,23H2,1H3,(H,41,48)(H,42,49)(H,43,47)(H,44,46,50)/b24-20+. The van der Waals surface area contributed by atoms with Crippen molar-refractivity contribution >= 4 is 63.4 Å². The number of allylic oxidation sites excluding steroid dienone is 1. The largest absolute Gasteiger partial charge is 0.483 e. The third-order valence-corrected chi connectivity index (χ3v) is 8.94. The lowest BCUT2D eigenvalue weighted by Crippen LogP contribution is -2.54. The van der Waals surface area contributed by atoms with Gasteiger partial charge in [0, 0.05) is 36.8 Å². The fourth-order valence-corrected chi connectivity index (χ4v) is 6.21. The van der Waals surface area contributed by atoms with E-state index in [4.69, 9.17) is 4.74 Å². The molecule has 0 bridgehead atoms. The lowest BCUT2D eigenvalue weighted by Gasteiger charge is -2.27. The molecule has 2 aliphatic rings. The Morgan fingerprint density at radius 3 is 2.38 bits per heavy atom. The predicted octanol–water partition coefficient (Wildman–Crippen LogP) is 3.99. The van der Waals surface area contributed by atoms with Crippen molar-refractivity contribution in [3.63, 3.8) is 0 Å². The van der Waals surface area contributed by atoms with E-state index in [1.54, 1.807) is 24.3 Å². The van der Waals surface area contributed by atoms with Gasteiger partial charge in [-0.15, -0.1) is 0 Å². The van der Waals surface area contributed by atoms with Crippen LogP contribution in [0.2, 0.25) is 0 Å². The highest BCUT2D eigenvalue weighted by atomic mass is 16.5. The number of carbonyl (C=O) groups excluding carboxylic acids is 7. The van der Waals surface area contributed by atoms with Crippen LogP contribution in [-0.2, 0) is 19.2 Å². The number of ether oxygens (including phenoxy) is 1. The Morgan fingerprint density at radius 1 is 0.830 bits per heavy atom. The molecule has 0 saturated carbocycles. The SMILES string of the molecule is C/C(=C\C(=O)Nc1cccc(C(=O)NCCCCNC(=O)COc2cccc3c2C(=O)N(C2CCC(=O)NC2=O)C3=O)c1)c1ccc2ccccc2c1. The van der Waals surface area contributed by atoms with Crippen LogP contribution in [0.3, 0.4) is 0 Å². The molecule has 0 aliphatic carbocycles. The number of fused-ring (bicyclic) bond motifs is 2. The fourth-order valence-electron chi connectivity index (χ4n) is 6.21. The number of rotatable bonds is 13. The Labute approximate surface area is 304 Å². The number of amides is 7. The molecule has 4 aromatic rings. The predicted molar refractivity (Wildman–Crippen MR) is 196 cm³/mol. The molecule has 2 heterocycles. The van der Waals surface area contributed by atoms with E-state index in [1.807, 2.05) is 49.4 Å². The van der Waals surface area contributed by atoms with Crippen molar-refractivity contribution in [2.24, 2.45) is 0 Å². The van der Waals surface area contributed by atoms with Gasteiger partial charge in [-0.2, -0.15) is 0 Å². The summed E-state index contributed by atoms with van der Waals surface area (Å²) in [5, 5.41) is 12.7. The summed E-state index contributed by atoms with van der Waals surface area (Å²) in [6.45, 7) is 2.11. The molecule has 6 rings (SSSR count). The molecule has 7 amide bonds. The van der Waals surface area contributed by atoms with Gasteiger partial charge < -0.3 is 20.7 Å². The van der Waals surface area contributed by atoms with Crippen molar-refractivity contribution in [3.05, 3.63) is 113 Å². The third kappa shape index (κ3) is 8.47. The maximum absolute atomic E-state index is 13.2. The molecule has 1 atom stereocenters. The van der Waals surface area contributed by atoms with Crippen molar-refractivity contribution < 1.29 is 38.3 Å². The van der Waals surface area contributed by atoms with Crippen LogP contribution >= 0.6 is 0 Å². The zero-order valence-electron chi connectivity index (χ0n) is 28.9. The molecule has 53 heavy (non-hydrogen) atoms. The van der Waals surface area contributed by atoms with Crippen molar-refractivity contribution in [1.82, 2.24) is 20.9 Å². The van der Waals surface area contributed by atoms with Gasteiger partial charge in [0.05, 0.1) is 11.1 Å². The van der Waals surface area contributed by atoms with E-state index in [0.717, 1.165) is 26.8 Å². The second-order valence-electron chi connectivity index (χ2n) is 12.7. The summed E-state index contributed by atoms with van der Waals surface area (Å²) in [5.41, 5.74) is 2.63. The average Bonchev–Trinajstić information content (AvgIpc) is 3.40. The van der Waals surface area contributed by atoms with Gasteiger partial charge in [0.2, 0.25) is 17.7 Å². The van der Waals surface area contributed by atoms with Gasteiger partial charge in [-0.25, -0.2) is 0 Å². The van der Waals surface area contributed by atoms with E-state index >= 15 is 0 Å². The summed E-state index contributed by atoms with van der Waals surface area (Å²) in [4.78, 5) is 88.9. The Hall–Kier alpha value is -6.63. The van der Waals surface area contributed by atoms with Gasteiger partial charge in [0.25, 0.3) is 23.6 Å². The highest BCUT2D eigenvalue weighted by Crippen LogP contribution is 2.33. The summed E-state index contributed by atoms with van der Waals surface area (Å²) in [5.74, 6) is -3.62. The maximum Gasteiger partial charge on any atom is 0.266 e. The van der Waals surface area contributed by atoms with Crippen LogP contribution in [0.4, 0.5) is 5.69 Å². The second kappa shape index (κ2) is 16.1. The number of hydrogen-bond donors (Lipinski definition) is 4. The molecule has 1 saturated heterocycles. The Morgan fingerprint density at radius 2 is 1.58 bits per heavy atom.